The van der Waals surface area contributed by atoms with E-state index in [-0.39, 0.29) is 10.8 Å². The number of hydrogen-bond donors (Lipinski definition) is 0. The molecule has 3 fully saturated rings. The zero-order valence-corrected chi connectivity index (χ0v) is 10.7. The highest BCUT2D eigenvalue weighted by atomic mass is 16.5. The molecule has 0 N–H and O–H groups in total. The predicted octanol–water partition coefficient (Wildman–Crippen LogP) is 2.04. The first-order chi connectivity index (χ1) is 8.22. The summed E-state index contributed by atoms with van der Waals surface area (Å²) in [5.41, 5.74) is 0.142. The van der Waals surface area contributed by atoms with Crippen LogP contribution in [0.5, 0.6) is 0 Å². The summed E-state index contributed by atoms with van der Waals surface area (Å²) in [5.74, 6) is 0.676. The maximum Gasteiger partial charge on any atom is 0.0697 e. The lowest BCUT2D eigenvalue weighted by molar-refractivity contribution is -0.226. The Morgan fingerprint density at radius 1 is 1.29 bits per heavy atom. The molecule has 1 atom stereocenters. The van der Waals surface area contributed by atoms with E-state index in [1.165, 1.54) is 25.8 Å². The molecule has 3 heteroatoms. The van der Waals surface area contributed by atoms with Crippen molar-refractivity contribution in [3.8, 4) is 6.07 Å². The summed E-state index contributed by atoms with van der Waals surface area (Å²) < 4.78 is 5.54. The Morgan fingerprint density at radius 3 is 2.47 bits per heavy atom. The number of nitrogens with zero attached hydrogens (tertiary/aromatic N) is 2. The monoisotopic (exact) mass is 234 g/mol. The Bertz CT molecular complexity index is 339. The third-order valence-corrected chi connectivity index (χ3v) is 5.50. The van der Waals surface area contributed by atoms with Crippen LogP contribution in [-0.4, -0.2) is 38.3 Å². The zero-order valence-electron chi connectivity index (χ0n) is 10.7. The van der Waals surface area contributed by atoms with Gasteiger partial charge in [-0.2, -0.15) is 5.26 Å². The number of likely N-dealkylation sites (tertiary alicyclic amines) is 1. The van der Waals surface area contributed by atoms with Gasteiger partial charge in [0, 0.05) is 12.0 Å². The lowest BCUT2D eigenvalue weighted by atomic mass is 9.48. The molecule has 1 saturated carbocycles. The van der Waals surface area contributed by atoms with Gasteiger partial charge in [0.05, 0.1) is 24.7 Å². The van der Waals surface area contributed by atoms with Gasteiger partial charge in [0.1, 0.15) is 0 Å². The lowest BCUT2D eigenvalue weighted by Crippen LogP contribution is -2.63. The molecule has 94 valence electrons. The molecule has 0 amide bonds. The Balaban J connectivity index is 1.84. The Hall–Kier alpha value is -0.590. The van der Waals surface area contributed by atoms with E-state index in [1.54, 1.807) is 0 Å². The summed E-state index contributed by atoms with van der Waals surface area (Å²) in [4.78, 5) is 2.43. The summed E-state index contributed by atoms with van der Waals surface area (Å²) in [6.45, 7) is 4.04. The molecule has 0 radical (unpaired) electrons. The minimum Gasteiger partial charge on any atom is -0.380 e. The van der Waals surface area contributed by atoms with E-state index in [1.807, 2.05) is 0 Å². The van der Waals surface area contributed by atoms with Gasteiger partial charge < -0.3 is 9.64 Å². The smallest absolute Gasteiger partial charge is 0.0697 e. The van der Waals surface area contributed by atoms with Crippen molar-refractivity contribution in [3.05, 3.63) is 0 Å². The van der Waals surface area contributed by atoms with Crippen molar-refractivity contribution in [2.45, 2.75) is 32.1 Å². The normalized spacial score (nSPS) is 35.4. The van der Waals surface area contributed by atoms with Gasteiger partial charge in [-0.1, -0.05) is 6.42 Å². The fourth-order valence-corrected chi connectivity index (χ4v) is 4.09. The molecule has 3 rings (SSSR count). The van der Waals surface area contributed by atoms with E-state index in [0.717, 1.165) is 32.6 Å². The summed E-state index contributed by atoms with van der Waals surface area (Å²) in [7, 11) is 2.21. The Labute approximate surface area is 104 Å². The SMILES string of the molecule is CN1CCCC(C2(C3(C#N)CCC3)COC2)C1. The van der Waals surface area contributed by atoms with Crippen molar-refractivity contribution in [3.63, 3.8) is 0 Å². The van der Waals surface area contributed by atoms with Gasteiger partial charge >= 0.3 is 0 Å². The number of rotatable bonds is 2. The summed E-state index contributed by atoms with van der Waals surface area (Å²) in [5, 5.41) is 9.61. The fourth-order valence-electron chi connectivity index (χ4n) is 4.09. The van der Waals surface area contributed by atoms with E-state index in [9.17, 15) is 5.26 Å². The van der Waals surface area contributed by atoms with Gasteiger partial charge in [0.25, 0.3) is 0 Å². The number of piperidine rings is 1. The van der Waals surface area contributed by atoms with Crippen molar-refractivity contribution >= 4 is 0 Å². The highest BCUT2D eigenvalue weighted by molar-refractivity contribution is 5.19. The van der Waals surface area contributed by atoms with Gasteiger partial charge in [0.15, 0.2) is 0 Å². The quantitative estimate of drug-likeness (QED) is 0.733. The largest absolute Gasteiger partial charge is 0.380 e. The van der Waals surface area contributed by atoms with Crippen molar-refractivity contribution < 1.29 is 4.74 Å². The minimum atomic E-state index is -0.0475. The maximum atomic E-state index is 9.61. The highest BCUT2D eigenvalue weighted by Crippen LogP contribution is 2.61. The fraction of sp³-hybridized carbons (Fsp3) is 0.929. The van der Waals surface area contributed by atoms with E-state index >= 15 is 0 Å². The first-order valence-electron chi connectivity index (χ1n) is 6.90. The number of nitriles is 1. The van der Waals surface area contributed by atoms with Crippen LogP contribution in [0.3, 0.4) is 0 Å². The van der Waals surface area contributed by atoms with Crippen LogP contribution in [-0.2, 0) is 4.74 Å². The molecule has 3 nitrogen and oxygen atoms in total. The molecule has 2 heterocycles. The molecular weight excluding hydrogens is 212 g/mol. The molecule has 2 aliphatic heterocycles. The van der Waals surface area contributed by atoms with E-state index in [2.05, 4.69) is 18.0 Å². The molecule has 0 aromatic rings. The van der Waals surface area contributed by atoms with Gasteiger partial charge in [-0.05, 0) is 45.2 Å². The third kappa shape index (κ3) is 1.47. The first kappa shape index (κ1) is 11.5. The van der Waals surface area contributed by atoms with Crippen LogP contribution in [0.25, 0.3) is 0 Å². The summed E-state index contributed by atoms with van der Waals surface area (Å²) in [6.07, 6.45) is 6.01. The van der Waals surface area contributed by atoms with Crippen LogP contribution in [0, 0.1) is 28.1 Å². The zero-order chi connectivity index (χ0) is 11.9. The average molecular weight is 234 g/mol. The second kappa shape index (κ2) is 3.96. The van der Waals surface area contributed by atoms with E-state index < -0.39 is 0 Å². The van der Waals surface area contributed by atoms with Crippen molar-refractivity contribution in [1.82, 2.24) is 4.90 Å². The summed E-state index contributed by atoms with van der Waals surface area (Å²) in [6, 6.07) is 2.67. The van der Waals surface area contributed by atoms with Crippen molar-refractivity contribution in [2.75, 3.05) is 33.4 Å². The molecule has 3 aliphatic rings. The Morgan fingerprint density at radius 2 is 2.06 bits per heavy atom. The van der Waals surface area contributed by atoms with E-state index in [0.29, 0.717) is 5.92 Å². The standard InChI is InChI=1S/C14H22N2O/c1-16-7-2-4-12(8-16)14(10-17-11-14)13(9-15)5-3-6-13/h12H,2-8,10-11H2,1H3. The average Bonchev–Trinajstić information content (AvgIpc) is 2.20. The molecule has 0 aromatic carbocycles. The first-order valence-corrected chi connectivity index (χ1v) is 6.90. The van der Waals surface area contributed by atoms with Gasteiger partial charge in [0.2, 0.25) is 0 Å². The Kier molecular flexibility index (Phi) is 2.68. The molecule has 0 aromatic heterocycles. The van der Waals surface area contributed by atoms with Crippen LogP contribution in [0.1, 0.15) is 32.1 Å². The van der Waals surface area contributed by atoms with Gasteiger partial charge in [-0.3, -0.25) is 0 Å². The molecule has 0 bridgehead atoms. The van der Waals surface area contributed by atoms with Crippen molar-refractivity contribution in [2.24, 2.45) is 16.7 Å². The second-order valence-electron chi connectivity index (χ2n) is 6.30. The highest BCUT2D eigenvalue weighted by Gasteiger charge is 2.62. The second-order valence-corrected chi connectivity index (χ2v) is 6.30. The molecule has 1 unspecified atom stereocenters. The van der Waals surface area contributed by atoms with Crippen LogP contribution < -0.4 is 0 Å². The van der Waals surface area contributed by atoms with Crippen molar-refractivity contribution in [1.29, 1.82) is 5.26 Å². The third-order valence-electron chi connectivity index (χ3n) is 5.50. The predicted molar refractivity (Wildman–Crippen MR) is 65.4 cm³/mol. The lowest BCUT2D eigenvalue weighted by Gasteiger charge is -2.61. The minimum absolute atomic E-state index is 0.0475. The van der Waals surface area contributed by atoms with Crippen LogP contribution in [0.2, 0.25) is 0 Å². The molecule has 17 heavy (non-hydrogen) atoms. The molecule has 0 spiro atoms. The molecular formula is C14H22N2O. The van der Waals surface area contributed by atoms with Crippen LogP contribution in [0.4, 0.5) is 0 Å². The molecule has 2 saturated heterocycles. The number of ether oxygens (including phenoxy) is 1. The number of hydrogen-bond acceptors (Lipinski definition) is 3. The topological polar surface area (TPSA) is 36.3 Å². The summed E-state index contributed by atoms with van der Waals surface area (Å²) >= 11 is 0. The molecule has 1 aliphatic carbocycles. The van der Waals surface area contributed by atoms with Gasteiger partial charge in [-0.25, -0.2) is 0 Å². The van der Waals surface area contributed by atoms with E-state index in [4.69, 9.17) is 4.74 Å². The maximum absolute atomic E-state index is 9.61. The van der Waals surface area contributed by atoms with Crippen LogP contribution in [0.15, 0.2) is 0 Å². The van der Waals surface area contributed by atoms with Gasteiger partial charge in [-0.15, -0.1) is 0 Å². The van der Waals surface area contributed by atoms with Crippen LogP contribution >= 0.6 is 0 Å².